The van der Waals surface area contributed by atoms with Crippen molar-refractivity contribution in [2.45, 2.75) is 44.7 Å². The maximum Gasteiger partial charge on any atom is 0.220 e. The van der Waals surface area contributed by atoms with Crippen LogP contribution in [-0.2, 0) is 11.3 Å². The van der Waals surface area contributed by atoms with Crippen LogP contribution in [0.2, 0.25) is 0 Å². The number of piperidine rings is 1. The molecule has 1 aromatic carbocycles. The smallest absolute Gasteiger partial charge is 0.220 e. The third-order valence-electron chi connectivity index (χ3n) is 3.99. The van der Waals surface area contributed by atoms with Gasteiger partial charge in [0, 0.05) is 38.0 Å². The molecule has 4 heteroatoms. The molecule has 0 unspecified atom stereocenters. The molecule has 1 saturated heterocycles. The van der Waals surface area contributed by atoms with Crippen LogP contribution in [0.3, 0.4) is 0 Å². The Hall–Kier alpha value is -1.06. The van der Waals surface area contributed by atoms with Crippen molar-refractivity contribution < 1.29 is 4.79 Å². The van der Waals surface area contributed by atoms with Crippen molar-refractivity contribution in [3.8, 4) is 0 Å². The van der Waals surface area contributed by atoms with Crippen LogP contribution >= 0.6 is 11.6 Å². The molecule has 1 heterocycles. The highest BCUT2D eigenvalue weighted by atomic mass is 35.5. The summed E-state index contributed by atoms with van der Waals surface area (Å²) in [5, 5.41) is 3.15. The summed E-state index contributed by atoms with van der Waals surface area (Å²) in [6.07, 6.45) is 4.52. The van der Waals surface area contributed by atoms with E-state index in [0.717, 1.165) is 45.3 Å². The fourth-order valence-electron chi connectivity index (χ4n) is 2.76. The number of unbranched alkanes of at least 4 members (excludes halogenated alkanes) is 1. The molecule has 0 saturated carbocycles. The summed E-state index contributed by atoms with van der Waals surface area (Å²) in [6, 6.07) is 10.9. The molecule has 0 atom stereocenters. The van der Waals surface area contributed by atoms with Gasteiger partial charge in [-0.2, -0.15) is 0 Å². The standard InChI is InChI=1S/C17H25ClN2O/c18-11-5-4-8-17(21)19-16-9-12-20(13-10-16)14-15-6-2-1-3-7-15/h1-3,6-7,16H,4-5,8-14H2,(H,19,21). The van der Waals surface area contributed by atoms with Crippen LogP contribution in [0.25, 0.3) is 0 Å². The number of likely N-dealkylation sites (tertiary alicyclic amines) is 1. The minimum atomic E-state index is 0.182. The van der Waals surface area contributed by atoms with Gasteiger partial charge in [-0.3, -0.25) is 9.69 Å². The number of hydrogen-bond acceptors (Lipinski definition) is 2. The van der Waals surface area contributed by atoms with E-state index in [1.54, 1.807) is 0 Å². The molecule has 0 aromatic heterocycles. The Kier molecular flexibility index (Phi) is 7.04. The van der Waals surface area contributed by atoms with Gasteiger partial charge in [-0.15, -0.1) is 11.6 Å². The predicted molar refractivity (Wildman–Crippen MR) is 87.5 cm³/mol. The first-order chi connectivity index (χ1) is 10.3. The summed E-state index contributed by atoms with van der Waals surface area (Å²) in [5.41, 5.74) is 1.36. The number of amides is 1. The van der Waals surface area contributed by atoms with E-state index in [-0.39, 0.29) is 5.91 Å². The van der Waals surface area contributed by atoms with Gasteiger partial charge in [0.2, 0.25) is 5.91 Å². The van der Waals surface area contributed by atoms with Crippen LogP contribution in [-0.4, -0.2) is 35.8 Å². The van der Waals surface area contributed by atoms with E-state index in [0.29, 0.717) is 18.3 Å². The maximum atomic E-state index is 11.8. The zero-order valence-electron chi connectivity index (χ0n) is 12.6. The Labute approximate surface area is 132 Å². The fraction of sp³-hybridized carbons (Fsp3) is 0.588. The van der Waals surface area contributed by atoms with Gasteiger partial charge in [0.25, 0.3) is 0 Å². The SMILES string of the molecule is O=C(CCCCCl)NC1CCN(Cc2ccccc2)CC1. The molecular weight excluding hydrogens is 284 g/mol. The van der Waals surface area contributed by atoms with Crippen LogP contribution < -0.4 is 5.32 Å². The summed E-state index contributed by atoms with van der Waals surface area (Å²) in [5.74, 6) is 0.826. The molecule has 21 heavy (non-hydrogen) atoms. The summed E-state index contributed by atoms with van der Waals surface area (Å²) in [6.45, 7) is 3.13. The van der Waals surface area contributed by atoms with Crippen molar-refractivity contribution in [2.24, 2.45) is 0 Å². The quantitative estimate of drug-likeness (QED) is 0.620. The van der Waals surface area contributed by atoms with E-state index in [1.165, 1.54) is 5.56 Å². The summed E-state index contributed by atoms with van der Waals surface area (Å²) in [4.78, 5) is 14.3. The molecule has 1 aliphatic rings. The molecule has 1 fully saturated rings. The van der Waals surface area contributed by atoms with Crippen LogP contribution in [0.15, 0.2) is 30.3 Å². The van der Waals surface area contributed by atoms with Crippen molar-refractivity contribution in [3.63, 3.8) is 0 Å². The number of carbonyl (C=O) groups excluding carboxylic acids is 1. The first-order valence-corrected chi connectivity index (χ1v) is 8.43. The van der Waals surface area contributed by atoms with Crippen molar-refractivity contribution in [3.05, 3.63) is 35.9 Å². The molecule has 116 valence electrons. The van der Waals surface area contributed by atoms with Crippen LogP contribution in [0.5, 0.6) is 0 Å². The van der Waals surface area contributed by atoms with E-state index in [9.17, 15) is 4.79 Å². The molecule has 0 radical (unpaired) electrons. The number of nitrogens with one attached hydrogen (secondary N) is 1. The van der Waals surface area contributed by atoms with Crippen molar-refractivity contribution in [1.29, 1.82) is 0 Å². The van der Waals surface area contributed by atoms with Gasteiger partial charge < -0.3 is 5.32 Å². The number of alkyl halides is 1. The van der Waals surface area contributed by atoms with Gasteiger partial charge in [0.15, 0.2) is 0 Å². The van der Waals surface area contributed by atoms with Crippen molar-refractivity contribution in [1.82, 2.24) is 10.2 Å². The number of carbonyl (C=O) groups is 1. The normalized spacial score (nSPS) is 16.8. The largest absolute Gasteiger partial charge is 0.353 e. The minimum Gasteiger partial charge on any atom is -0.353 e. The molecule has 0 spiro atoms. The third-order valence-corrected chi connectivity index (χ3v) is 4.26. The fourth-order valence-corrected chi connectivity index (χ4v) is 2.95. The Balaban J connectivity index is 1.65. The molecule has 0 aliphatic carbocycles. The monoisotopic (exact) mass is 308 g/mol. The lowest BCUT2D eigenvalue weighted by Gasteiger charge is -2.32. The lowest BCUT2D eigenvalue weighted by atomic mass is 10.0. The second-order valence-electron chi connectivity index (χ2n) is 5.75. The molecule has 1 N–H and O–H groups in total. The van der Waals surface area contributed by atoms with E-state index < -0.39 is 0 Å². The van der Waals surface area contributed by atoms with Crippen molar-refractivity contribution in [2.75, 3.05) is 19.0 Å². The second-order valence-corrected chi connectivity index (χ2v) is 6.13. The Morgan fingerprint density at radius 3 is 2.57 bits per heavy atom. The topological polar surface area (TPSA) is 32.3 Å². The molecule has 1 aromatic rings. The summed E-state index contributed by atoms with van der Waals surface area (Å²) in [7, 11) is 0. The van der Waals surface area contributed by atoms with Gasteiger partial charge in [0.05, 0.1) is 0 Å². The van der Waals surface area contributed by atoms with E-state index in [1.807, 2.05) is 0 Å². The predicted octanol–water partition coefficient (Wildman–Crippen LogP) is 3.18. The number of rotatable bonds is 7. The first-order valence-electron chi connectivity index (χ1n) is 7.89. The maximum absolute atomic E-state index is 11.8. The van der Waals surface area contributed by atoms with Gasteiger partial charge in [-0.25, -0.2) is 0 Å². The molecule has 3 nitrogen and oxygen atoms in total. The zero-order chi connectivity index (χ0) is 14.9. The third kappa shape index (κ3) is 6.06. The van der Waals surface area contributed by atoms with Gasteiger partial charge in [-0.05, 0) is 31.2 Å². The number of benzene rings is 1. The van der Waals surface area contributed by atoms with E-state index in [2.05, 4.69) is 40.5 Å². The van der Waals surface area contributed by atoms with Crippen LogP contribution in [0, 0.1) is 0 Å². The molecule has 2 rings (SSSR count). The number of nitrogens with zero attached hydrogens (tertiary/aromatic N) is 1. The van der Waals surface area contributed by atoms with Crippen LogP contribution in [0.1, 0.15) is 37.7 Å². The van der Waals surface area contributed by atoms with Crippen LogP contribution in [0.4, 0.5) is 0 Å². The highest BCUT2D eigenvalue weighted by Gasteiger charge is 2.20. The lowest BCUT2D eigenvalue weighted by Crippen LogP contribution is -2.44. The number of halogens is 1. The number of hydrogen-bond donors (Lipinski definition) is 1. The Morgan fingerprint density at radius 2 is 1.90 bits per heavy atom. The van der Waals surface area contributed by atoms with E-state index >= 15 is 0 Å². The highest BCUT2D eigenvalue weighted by Crippen LogP contribution is 2.14. The van der Waals surface area contributed by atoms with Gasteiger partial charge in [-0.1, -0.05) is 30.3 Å². The second kappa shape index (κ2) is 9.06. The molecule has 0 bridgehead atoms. The molecule has 1 aliphatic heterocycles. The lowest BCUT2D eigenvalue weighted by molar-refractivity contribution is -0.122. The molecular formula is C17H25ClN2O. The highest BCUT2D eigenvalue weighted by molar-refractivity contribution is 6.17. The van der Waals surface area contributed by atoms with Crippen molar-refractivity contribution >= 4 is 17.5 Å². The zero-order valence-corrected chi connectivity index (χ0v) is 13.3. The molecule has 1 amide bonds. The average Bonchev–Trinajstić information content (AvgIpc) is 2.51. The Morgan fingerprint density at radius 1 is 1.19 bits per heavy atom. The minimum absolute atomic E-state index is 0.182. The first kappa shape index (κ1) is 16.3. The summed E-state index contributed by atoms with van der Waals surface area (Å²) >= 11 is 5.62. The van der Waals surface area contributed by atoms with Gasteiger partial charge in [0.1, 0.15) is 0 Å². The van der Waals surface area contributed by atoms with Gasteiger partial charge >= 0.3 is 0 Å². The average molecular weight is 309 g/mol. The Bertz CT molecular complexity index is 416. The summed E-state index contributed by atoms with van der Waals surface area (Å²) < 4.78 is 0. The van der Waals surface area contributed by atoms with E-state index in [4.69, 9.17) is 11.6 Å².